The highest BCUT2D eigenvalue weighted by Gasteiger charge is 2.43. The van der Waals surface area contributed by atoms with Gasteiger partial charge in [-0.2, -0.15) is 0 Å². The quantitative estimate of drug-likeness (QED) is 0.691. The molecule has 2 aliphatic heterocycles. The van der Waals surface area contributed by atoms with Crippen LogP contribution in [0, 0.1) is 0 Å². The Hall–Kier alpha value is 0.270. The van der Waals surface area contributed by atoms with Crippen molar-refractivity contribution in [2.24, 2.45) is 0 Å². The summed E-state index contributed by atoms with van der Waals surface area (Å²) in [4.78, 5) is 3.14. The monoisotopic (exact) mass is 200 g/mol. The molecule has 0 aromatic heterocycles. The van der Waals surface area contributed by atoms with Crippen molar-refractivity contribution in [2.45, 2.75) is 37.6 Å². The Bertz CT molecular complexity index is 176. The number of piperidine rings is 1. The van der Waals surface area contributed by atoms with Gasteiger partial charge in [0.05, 0.1) is 4.87 Å². The predicted octanol–water partition coefficient (Wildman–Crippen LogP) is 1.52. The van der Waals surface area contributed by atoms with Gasteiger partial charge in [-0.15, -0.1) is 11.8 Å². The molecule has 2 saturated heterocycles. The number of hydrogen-bond acceptors (Lipinski definition) is 3. The van der Waals surface area contributed by atoms with E-state index in [0.29, 0.717) is 10.9 Å². The van der Waals surface area contributed by atoms with Gasteiger partial charge < -0.3 is 5.32 Å². The molecule has 0 aliphatic carbocycles. The molecule has 1 unspecified atom stereocenters. The molecule has 0 aromatic carbocycles. The first-order chi connectivity index (χ1) is 6.25. The van der Waals surface area contributed by atoms with Crippen LogP contribution in [0.1, 0.15) is 26.7 Å². The van der Waals surface area contributed by atoms with E-state index in [0.717, 1.165) is 0 Å². The molecule has 2 nitrogen and oxygen atoms in total. The van der Waals surface area contributed by atoms with Crippen LogP contribution in [-0.4, -0.2) is 41.2 Å². The summed E-state index contributed by atoms with van der Waals surface area (Å²) in [5.74, 6) is 1.32. The number of hydrogen-bond donors (Lipinski definition) is 1. The van der Waals surface area contributed by atoms with E-state index in [2.05, 4.69) is 35.8 Å². The highest BCUT2D eigenvalue weighted by Crippen LogP contribution is 2.41. The highest BCUT2D eigenvalue weighted by molar-refractivity contribution is 8.00. The van der Waals surface area contributed by atoms with E-state index in [1.165, 1.54) is 38.2 Å². The standard InChI is InChI=1S/C10H20N2S/c1-9(2)12-6-7-13-10(12)4-3-5-11-8-10/h9,11H,3-8H2,1-2H3. The number of nitrogens with zero attached hydrogens (tertiary/aromatic N) is 1. The molecular formula is C10H20N2S. The Morgan fingerprint density at radius 2 is 2.31 bits per heavy atom. The summed E-state index contributed by atoms with van der Waals surface area (Å²) >= 11 is 2.17. The topological polar surface area (TPSA) is 15.3 Å². The van der Waals surface area contributed by atoms with Gasteiger partial charge in [-0.3, -0.25) is 4.90 Å². The molecule has 2 heterocycles. The van der Waals surface area contributed by atoms with E-state index in [9.17, 15) is 0 Å². The normalized spacial score (nSPS) is 36.2. The van der Waals surface area contributed by atoms with Gasteiger partial charge in [0.1, 0.15) is 0 Å². The van der Waals surface area contributed by atoms with Crippen LogP contribution in [0.25, 0.3) is 0 Å². The molecule has 0 radical (unpaired) electrons. The molecule has 2 aliphatic rings. The maximum Gasteiger partial charge on any atom is 0.0799 e. The molecule has 2 fully saturated rings. The van der Waals surface area contributed by atoms with Gasteiger partial charge in [0.2, 0.25) is 0 Å². The van der Waals surface area contributed by atoms with Crippen molar-refractivity contribution in [3.8, 4) is 0 Å². The summed E-state index contributed by atoms with van der Waals surface area (Å²) in [6, 6.07) is 0.704. The SMILES string of the molecule is CC(C)N1CCSC12CCCNC2. The Balaban J connectivity index is 2.09. The molecule has 0 aromatic rings. The van der Waals surface area contributed by atoms with E-state index in [4.69, 9.17) is 0 Å². The minimum absolute atomic E-state index is 0.451. The lowest BCUT2D eigenvalue weighted by Gasteiger charge is -2.43. The zero-order valence-corrected chi connectivity index (χ0v) is 9.49. The van der Waals surface area contributed by atoms with Crippen molar-refractivity contribution in [1.82, 2.24) is 10.2 Å². The molecule has 0 bridgehead atoms. The smallest absolute Gasteiger partial charge is 0.0799 e. The van der Waals surface area contributed by atoms with Gasteiger partial charge in [-0.1, -0.05) is 0 Å². The summed E-state index contributed by atoms with van der Waals surface area (Å²) in [7, 11) is 0. The van der Waals surface area contributed by atoms with E-state index < -0.39 is 0 Å². The Labute approximate surface area is 85.4 Å². The van der Waals surface area contributed by atoms with Gasteiger partial charge in [0.25, 0.3) is 0 Å². The first-order valence-corrected chi connectivity index (χ1v) is 6.35. The van der Waals surface area contributed by atoms with Crippen LogP contribution in [0.2, 0.25) is 0 Å². The van der Waals surface area contributed by atoms with Crippen molar-refractivity contribution in [3.63, 3.8) is 0 Å². The second kappa shape index (κ2) is 3.79. The third-order valence-electron chi connectivity index (χ3n) is 3.17. The van der Waals surface area contributed by atoms with Gasteiger partial charge >= 0.3 is 0 Å². The molecule has 0 amide bonds. The van der Waals surface area contributed by atoms with Crippen LogP contribution in [0.15, 0.2) is 0 Å². The van der Waals surface area contributed by atoms with Crippen molar-refractivity contribution >= 4 is 11.8 Å². The van der Waals surface area contributed by atoms with Crippen LogP contribution in [0.5, 0.6) is 0 Å². The van der Waals surface area contributed by atoms with Crippen LogP contribution >= 0.6 is 11.8 Å². The van der Waals surface area contributed by atoms with Crippen LogP contribution in [0.3, 0.4) is 0 Å². The van der Waals surface area contributed by atoms with Crippen molar-refractivity contribution in [1.29, 1.82) is 0 Å². The molecule has 1 N–H and O–H groups in total. The number of rotatable bonds is 1. The molecule has 0 saturated carbocycles. The average molecular weight is 200 g/mol. The third kappa shape index (κ3) is 1.74. The fourth-order valence-corrected chi connectivity index (χ4v) is 4.21. The van der Waals surface area contributed by atoms with E-state index in [1.54, 1.807) is 0 Å². The molecule has 3 heteroatoms. The lowest BCUT2D eigenvalue weighted by Crippen LogP contribution is -2.54. The second-order valence-corrected chi connectivity index (χ2v) is 5.82. The van der Waals surface area contributed by atoms with Crippen molar-refractivity contribution < 1.29 is 0 Å². The number of thioether (sulfide) groups is 1. The van der Waals surface area contributed by atoms with Gasteiger partial charge in [-0.25, -0.2) is 0 Å². The zero-order chi connectivity index (χ0) is 9.31. The zero-order valence-electron chi connectivity index (χ0n) is 8.68. The Morgan fingerprint density at radius 3 is 2.92 bits per heavy atom. The first kappa shape index (κ1) is 9.81. The lowest BCUT2D eigenvalue weighted by atomic mass is 10.0. The van der Waals surface area contributed by atoms with Gasteiger partial charge in [0.15, 0.2) is 0 Å². The minimum atomic E-state index is 0.451. The summed E-state index contributed by atoms with van der Waals surface area (Å²) in [6.07, 6.45) is 2.72. The van der Waals surface area contributed by atoms with Crippen LogP contribution < -0.4 is 5.32 Å². The fourth-order valence-electron chi connectivity index (χ4n) is 2.58. The molecule has 1 spiro atoms. The van der Waals surface area contributed by atoms with Crippen LogP contribution in [0.4, 0.5) is 0 Å². The molecule has 76 valence electrons. The van der Waals surface area contributed by atoms with E-state index in [-0.39, 0.29) is 0 Å². The third-order valence-corrected chi connectivity index (χ3v) is 4.68. The summed E-state index contributed by atoms with van der Waals surface area (Å²) in [6.45, 7) is 8.33. The summed E-state index contributed by atoms with van der Waals surface area (Å²) in [5, 5.41) is 3.54. The maximum atomic E-state index is 3.54. The Morgan fingerprint density at radius 1 is 1.46 bits per heavy atom. The van der Waals surface area contributed by atoms with Gasteiger partial charge in [0, 0.05) is 24.9 Å². The summed E-state index contributed by atoms with van der Waals surface area (Å²) < 4.78 is 0. The fraction of sp³-hybridized carbons (Fsp3) is 1.00. The maximum absolute atomic E-state index is 3.54. The first-order valence-electron chi connectivity index (χ1n) is 5.36. The van der Waals surface area contributed by atoms with Crippen molar-refractivity contribution in [2.75, 3.05) is 25.4 Å². The molecular weight excluding hydrogens is 180 g/mol. The van der Waals surface area contributed by atoms with Gasteiger partial charge in [-0.05, 0) is 33.2 Å². The highest BCUT2D eigenvalue weighted by atomic mass is 32.2. The van der Waals surface area contributed by atoms with Crippen molar-refractivity contribution in [3.05, 3.63) is 0 Å². The predicted molar refractivity (Wildman–Crippen MR) is 59.1 cm³/mol. The average Bonchev–Trinajstić information content (AvgIpc) is 2.50. The largest absolute Gasteiger partial charge is 0.314 e. The molecule has 1 atom stereocenters. The van der Waals surface area contributed by atoms with E-state index >= 15 is 0 Å². The second-order valence-electron chi connectivity index (χ2n) is 4.36. The lowest BCUT2D eigenvalue weighted by molar-refractivity contribution is 0.125. The Kier molecular flexibility index (Phi) is 2.86. The number of nitrogens with one attached hydrogen (secondary N) is 1. The molecule has 13 heavy (non-hydrogen) atoms. The summed E-state index contributed by atoms with van der Waals surface area (Å²) in [5.41, 5.74) is 0. The minimum Gasteiger partial charge on any atom is -0.314 e. The van der Waals surface area contributed by atoms with E-state index in [1.807, 2.05) is 0 Å². The van der Waals surface area contributed by atoms with Crippen LogP contribution in [-0.2, 0) is 0 Å². The molecule has 2 rings (SSSR count).